The number of phenolic OH excluding ortho intramolecular Hbond substituents is 1. The first-order valence-corrected chi connectivity index (χ1v) is 6.79. The summed E-state index contributed by atoms with van der Waals surface area (Å²) in [6.45, 7) is 1.99. The lowest BCUT2D eigenvalue weighted by Gasteiger charge is -2.18. The molecule has 0 heterocycles. The molecule has 2 rings (SSSR count). The molecule has 0 radical (unpaired) electrons. The van der Waals surface area contributed by atoms with Crippen LogP contribution in [-0.4, -0.2) is 12.2 Å². The highest BCUT2D eigenvalue weighted by atomic mass is 79.9. The number of benzene rings is 2. The maximum atomic E-state index is 9.94. The van der Waals surface area contributed by atoms with Crippen molar-refractivity contribution in [2.45, 2.75) is 13.0 Å². The van der Waals surface area contributed by atoms with Crippen molar-refractivity contribution in [2.24, 2.45) is 0 Å². The molecule has 1 atom stereocenters. The van der Waals surface area contributed by atoms with Crippen LogP contribution in [0.5, 0.6) is 11.5 Å². The minimum atomic E-state index is -0.0335. The summed E-state index contributed by atoms with van der Waals surface area (Å²) in [6, 6.07) is 13.1. The largest absolute Gasteiger partial charge is 0.508 e. The molecular formula is C15H16BrNO2. The first-order chi connectivity index (χ1) is 9.11. The number of hydrogen-bond donors (Lipinski definition) is 2. The van der Waals surface area contributed by atoms with E-state index in [1.165, 1.54) is 0 Å². The second kappa shape index (κ2) is 5.97. The second-order valence-corrected chi connectivity index (χ2v) is 5.12. The number of hydrogen-bond acceptors (Lipinski definition) is 3. The quantitative estimate of drug-likeness (QED) is 0.880. The van der Waals surface area contributed by atoms with Gasteiger partial charge < -0.3 is 15.2 Å². The molecule has 1 unspecified atom stereocenters. The fourth-order valence-electron chi connectivity index (χ4n) is 1.90. The Balaban J connectivity index is 2.25. The molecular weight excluding hydrogens is 306 g/mol. The van der Waals surface area contributed by atoms with Gasteiger partial charge in [0.15, 0.2) is 0 Å². The molecule has 0 amide bonds. The van der Waals surface area contributed by atoms with Crippen molar-refractivity contribution >= 4 is 21.6 Å². The molecule has 3 nitrogen and oxygen atoms in total. The van der Waals surface area contributed by atoms with Crippen LogP contribution >= 0.6 is 15.9 Å². The fraction of sp³-hybridized carbons (Fsp3) is 0.200. The van der Waals surface area contributed by atoms with Crippen LogP contribution < -0.4 is 10.1 Å². The molecule has 0 fully saturated rings. The van der Waals surface area contributed by atoms with Crippen molar-refractivity contribution in [1.82, 2.24) is 0 Å². The Morgan fingerprint density at radius 2 is 1.95 bits per heavy atom. The lowest BCUT2D eigenvalue weighted by Crippen LogP contribution is -2.07. The Labute approximate surface area is 121 Å². The molecule has 0 saturated heterocycles. The summed E-state index contributed by atoms with van der Waals surface area (Å²) in [5.41, 5.74) is 1.78. The Kier molecular flexibility index (Phi) is 4.32. The molecule has 2 aromatic carbocycles. The van der Waals surface area contributed by atoms with Crippen molar-refractivity contribution in [1.29, 1.82) is 0 Å². The highest BCUT2D eigenvalue weighted by Crippen LogP contribution is 2.32. The number of anilines is 1. The summed E-state index contributed by atoms with van der Waals surface area (Å²) in [7, 11) is 1.61. The van der Waals surface area contributed by atoms with Gasteiger partial charge >= 0.3 is 0 Å². The van der Waals surface area contributed by atoms with E-state index < -0.39 is 0 Å². The third kappa shape index (κ3) is 3.20. The number of phenols is 1. The summed E-state index contributed by atoms with van der Waals surface area (Å²) in [4.78, 5) is 0. The summed E-state index contributed by atoms with van der Waals surface area (Å²) in [5, 5.41) is 13.3. The molecule has 2 N–H and O–H groups in total. The van der Waals surface area contributed by atoms with Crippen LogP contribution in [-0.2, 0) is 0 Å². The Morgan fingerprint density at radius 1 is 1.21 bits per heavy atom. The zero-order chi connectivity index (χ0) is 13.8. The molecule has 19 heavy (non-hydrogen) atoms. The van der Waals surface area contributed by atoms with Gasteiger partial charge in [-0.3, -0.25) is 0 Å². The van der Waals surface area contributed by atoms with Crippen LogP contribution in [0.2, 0.25) is 0 Å². The molecule has 0 spiro atoms. The minimum Gasteiger partial charge on any atom is -0.508 e. The molecule has 0 bridgehead atoms. The highest BCUT2D eigenvalue weighted by molar-refractivity contribution is 9.10. The van der Waals surface area contributed by atoms with Crippen LogP contribution in [0.25, 0.3) is 0 Å². The Bertz CT molecular complexity index is 572. The van der Waals surface area contributed by atoms with E-state index in [1.54, 1.807) is 19.2 Å². The number of nitrogens with one attached hydrogen (secondary N) is 1. The summed E-state index contributed by atoms with van der Waals surface area (Å²) >= 11 is 3.49. The monoisotopic (exact) mass is 321 g/mol. The maximum Gasteiger partial charge on any atom is 0.121 e. The smallest absolute Gasteiger partial charge is 0.121 e. The molecule has 100 valence electrons. The lowest BCUT2D eigenvalue weighted by molar-refractivity contribution is 0.410. The number of halogens is 1. The van der Waals surface area contributed by atoms with Gasteiger partial charge in [-0.1, -0.05) is 12.1 Å². The van der Waals surface area contributed by atoms with Crippen LogP contribution in [0.1, 0.15) is 18.5 Å². The van der Waals surface area contributed by atoms with Gasteiger partial charge in [-0.15, -0.1) is 0 Å². The maximum absolute atomic E-state index is 9.94. The van der Waals surface area contributed by atoms with Gasteiger partial charge in [0.25, 0.3) is 0 Å². The Morgan fingerprint density at radius 3 is 2.63 bits per heavy atom. The number of ether oxygens (including phenoxy) is 1. The molecule has 0 saturated carbocycles. The normalized spacial score (nSPS) is 11.9. The van der Waals surface area contributed by atoms with Gasteiger partial charge in [0, 0.05) is 15.7 Å². The first-order valence-electron chi connectivity index (χ1n) is 6.00. The molecule has 2 aromatic rings. The minimum absolute atomic E-state index is 0.0335. The SMILES string of the molecule is COc1ccc(O)c(C(C)Nc2ccccc2Br)c1. The first kappa shape index (κ1) is 13.7. The van der Waals surface area contributed by atoms with E-state index in [2.05, 4.69) is 21.2 Å². The van der Waals surface area contributed by atoms with E-state index in [4.69, 9.17) is 4.74 Å². The molecule has 4 heteroatoms. The summed E-state index contributed by atoms with van der Waals surface area (Å²) < 4.78 is 6.18. The average Bonchev–Trinajstić information content (AvgIpc) is 2.42. The average molecular weight is 322 g/mol. The van der Waals surface area contributed by atoms with E-state index in [0.29, 0.717) is 0 Å². The molecule has 0 aliphatic heterocycles. The number of rotatable bonds is 4. The number of para-hydroxylation sites is 1. The van der Waals surface area contributed by atoms with E-state index in [0.717, 1.165) is 21.5 Å². The van der Waals surface area contributed by atoms with Crippen LogP contribution in [0, 0.1) is 0 Å². The molecule has 0 aliphatic carbocycles. The van der Waals surface area contributed by atoms with E-state index in [-0.39, 0.29) is 11.8 Å². The Hall–Kier alpha value is -1.68. The van der Waals surface area contributed by atoms with Crippen molar-refractivity contribution in [3.63, 3.8) is 0 Å². The lowest BCUT2D eigenvalue weighted by atomic mass is 10.1. The zero-order valence-corrected chi connectivity index (χ0v) is 12.4. The standard InChI is InChI=1S/C15H16BrNO2/c1-10(17-14-6-4-3-5-13(14)16)12-9-11(19-2)7-8-15(12)18/h3-10,17-18H,1-2H3. The van der Waals surface area contributed by atoms with Crippen molar-refractivity contribution in [3.05, 3.63) is 52.5 Å². The third-order valence-corrected chi connectivity index (χ3v) is 3.64. The highest BCUT2D eigenvalue weighted by Gasteiger charge is 2.12. The third-order valence-electron chi connectivity index (χ3n) is 2.95. The van der Waals surface area contributed by atoms with Gasteiger partial charge in [-0.2, -0.15) is 0 Å². The summed E-state index contributed by atoms with van der Waals surface area (Å²) in [6.07, 6.45) is 0. The van der Waals surface area contributed by atoms with Gasteiger partial charge in [0.1, 0.15) is 11.5 Å². The van der Waals surface area contributed by atoms with Gasteiger partial charge in [-0.25, -0.2) is 0 Å². The van der Waals surface area contributed by atoms with Crippen LogP contribution in [0.15, 0.2) is 46.9 Å². The van der Waals surface area contributed by atoms with E-state index in [1.807, 2.05) is 37.3 Å². The van der Waals surface area contributed by atoms with Gasteiger partial charge in [-0.05, 0) is 53.2 Å². The van der Waals surface area contributed by atoms with Crippen LogP contribution in [0.3, 0.4) is 0 Å². The molecule has 0 aliphatic rings. The zero-order valence-electron chi connectivity index (χ0n) is 10.9. The van der Waals surface area contributed by atoms with Crippen molar-refractivity contribution in [2.75, 3.05) is 12.4 Å². The van der Waals surface area contributed by atoms with Gasteiger partial charge in [0.05, 0.1) is 13.2 Å². The molecule has 0 aromatic heterocycles. The summed E-state index contributed by atoms with van der Waals surface area (Å²) in [5.74, 6) is 0.987. The fourth-order valence-corrected chi connectivity index (χ4v) is 2.29. The van der Waals surface area contributed by atoms with Gasteiger partial charge in [0.2, 0.25) is 0 Å². The number of aromatic hydroxyl groups is 1. The predicted molar refractivity (Wildman–Crippen MR) is 80.8 cm³/mol. The van der Waals surface area contributed by atoms with Crippen molar-refractivity contribution < 1.29 is 9.84 Å². The topological polar surface area (TPSA) is 41.5 Å². The van der Waals surface area contributed by atoms with E-state index in [9.17, 15) is 5.11 Å². The second-order valence-electron chi connectivity index (χ2n) is 4.27. The van der Waals surface area contributed by atoms with Crippen LogP contribution in [0.4, 0.5) is 5.69 Å². The number of methoxy groups -OCH3 is 1. The predicted octanol–water partition coefficient (Wildman–Crippen LogP) is 4.34. The van der Waals surface area contributed by atoms with E-state index >= 15 is 0 Å². The van der Waals surface area contributed by atoms with Crippen molar-refractivity contribution in [3.8, 4) is 11.5 Å².